The van der Waals surface area contributed by atoms with Crippen LogP contribution in [-0.2, 0) is 4.74 Å². The van der Waals surface area contributed by atoms with Gasteiger partial charge < -0.3 is 19.7 Å². The number of ether oxygens (including phenoxy) is 2. The first-order valence-electron chi connectivity index (χ1n) is 8.10. The van der Waals surface area contributed by atoms with Crippen LogP contribution in [0.15, 0.2) is 42.6 Å². The van der Waals surface area contributed by atoms with Crippen LogP contribution in [-0.4, -0.2) is 43.8 Å². The van der Waals surface area contributed by atoms with Gasteiger partial charge in [-0.15, -0.1) is 0 Å². The maximum absolute atomic E-state index is 12.8. The summed E-state index contributed by atoms with van der Waals surface area (Å²) in [6, 6.07) is 11.0. The van der Waals surface area contributed by atoms with E-state index in [9.17, 15) is 4.79 Å². The van der Waals surface area contributed by atoms with Gasteiger partial charge in [-0.25, -0.2) is 4.98 Å². The van der Waals surface area contributed by atoms with Crippen LogP contribution < -0.4 is 15.0 Å². The van der Waals surface area contributed by atoms with Crippen molar-refractivity contribution in [2.24, 2.45) is 0 Å². The van der Waals surface area contributed by atoms with Gasteiger partial charge in [0.1, 0.15) is 11.6 Å². The highest BCUT2D eigenvalue weighted by atomic mass is 16.5. The number of rotatable bonds is 5. The Morgan fingerprint density at radius 2 is 2.04 bits per heavy atom. The summed E-state index contributed by atoms with van der Waals surface area (Å²) in [5.41, 5.74) is 1.20. The fourth-order valence-corrected chi connectivity index (χ4v) is 2.64. The lowest BCUT2D eigenvalue weighted by atomic mass is 10.2. The first-order valence-corrected chi connectivity index (χ1v) is 8.10. The van der Waals surface area contributed by atoms with Crippen molar-refractivity contribution in [3.05, 3.63) is 48.2 Å². The summed E-state index contributed by atoms with van der Waals surface area (Å²) in [6.45, 7) is 5.20. The number of aromatic nitrogens is 1. The number of hydrogen-bond acceptors (Lipinski definition) is 5. The maximum atomic E-state index is 12.8. The molecule has 6 nitrogen and oxygen atoms in total. The largest absolute Gasteiger partial charge is 0.492 e. The smallest absolute Gasteiger partial charge is 0.259 e. The van der Waals surface area contributed by atoms with Gasteiger partial charge in [0.15, 0.2) is 0 Å². The average Bonchev–Trinajstić information content (AvgIpc) is 2.64. The number of anilines is 2. The van der Waals surface area contributed by atoms with Crippen LogP contribution in [0, 0.1) is 0 Å². The third kappa shape index (κ3) is 3.65. The lowest BCUT2D eigenvalue weighted by Gasteiger charge is -2.29. The van der Waals surface area contributed by atoms with Gasteiger partial charge in [-0.05, 0) is 31.2 Å². The van der Waals surface area contributed by atoms with Crippen LogP contribution in [0.5, 0.6) is 5.75 Å². The summed E-state index contributed by atoms with van der Waals surface area (Å²) in [5.74, 6) is 1.15. The van der Waals surface area contributed by atoms with E-state index >= 15 is 0 Å². The van der Waals surface area contributed by atoms with E-state index < -0.39 is 0 Å². The molecule has 1 aliphatic heterocycles. The Balaban J connectivity index is 1.83. The van der Waals surface area contributed by atoms with Crippen LogP contribution in [0.4, 0.5) is 11.5 Å². The van der Waals surface area contributed by atoms with Crippen LogP contribution in [0.2, 0.25) is 0 Å². The van der Waals surface area contributed by atoms with E-state index in [4.69, 9.17) is 9.47 Å². The van der Waals surface area contributed by atoms with Gasteiger partial charge in [-0.1, -0.05) is 12.1 Å². The normalized spacial score (nSPS) is 14.3. The molecule has 1 aromatic carbocycles. The summed E-state index contributed by atoms with van der Waals surface area (Å²) < 4.78 is 10.9. The molecule has 0 atom stereocenters. The standard InChI is InChI=1S/C18H21N3O3/c1-2-24-16-8-4-3-7-15(16)20-18(22)14-6-5-9-19-17(14)21-10-12-23-13-11-21/h3-9H,2,10-13H2,1H3,(H,20,22). The average molecular weight is 327 g/mol. The molecule has 6 heteroatoms. The zero-order valence-corrected chi connectivity index (χ0v) is 13.7. The molecule has 0 saturated carbocycles. The van der Waals surface area contributed by atoms with E-state index in [2.05, 4.69) is 15.2 Å². The second-order valence-electron chi connectivity index (χ2n) is 5.36. The lowest BCUT2D eigenvalue weighted by molar-refractivity contribution is 0.102. The molecule has 0 radical (unpaired) electrons. The Hall–Kier alpha value is -2.60. The zero-order chi connectivity index (χ0) is 16.8. The van der Waals surface area contributed by atoms with Gasteiger partial charge in [0.2, 0.25) is 0 Å². The SMILES string of the molecule is CCOc1ccccc1NC(=O)c1cccnc1N1CCOCC1. The fraction of sp³-hybridized carbons (Fsp3) is 0.333. The van der Waals surface area contributed by atoms with Crippen molar-refractivity contribution in [2.75, 3.05) is 43.1 Å². The monoisotopic (exact) mass is 327 g/mol. The number of morpholine rings is 1. The predicted octanol–water partition coefficient (Wildman–Crippen LogP) is 2.57. The fourth-order valence-electron chi connectivity index (χ4n) is 2.64. The third-order valence-corrected chi connectivity index (χ3v) is 3.78. The molecule has 24 heavy (non-hydrogen) atoms. The van der Waals surface area contributed by atoms with E-state index in [-0.39, 0.29) is 5.91 Å². The summed E-state index contributed by atoms with van der Waals surface area (Å²) in [5, 5.41) is 2.93. The number of amides is 1. The molecule has 0 aliphatic carbocycles. The minimum absolute atomic E-state index is 0.197. The number of benzene rings is 1. The van der Waals surface area contributed by atoms with Gasteiger partial charge in [-0.3, -0.25) is 4.79 Å². The van der Waals surface area contributed by atoms with Gasteiger partial charge >= 0.3 is 0 Å². The summed E-state index contributed by atoms with van der Waals surface area (Å²) >= 11 is 0. The summed E-state index contributed by atoms with van der Waals surface area (Å²) in [6.07, 6.45) is 1.70. The molecule has 0 bridgehead atoms. The van der Waals surface area contributed by atoms with Crippen LogP contribution >= 0.6 is 0 Å². The van der Waals surface area contributed by atoms with Crippen molar-refractivity contribution in [2.45, 2.75) is 6.92 Å². The summed E-state index contributed by atoms with van der Waals surface area (Å²) in [7, 11) is 0. The van der Waals surface area contributed by atoms with Gasteiger partial charge in [-0.2, -0.15) is 0 Å². The Bertz CT molecular complexity index is 699. The van der Waals surface area contributed by atoms with E-state index in [1.54, 1.807) is 18.3 Å². The molecule has 126 valence electrons. The molecule has 1 saturated heterocycles. The topological polar surface area (TPSA) is 63.7 Å². The van der Waals surface area contributed by atoms with Crippen molar-refractivity contribution < 1.29 is 14.3 Å². The predicted molar refractivity (Wildman–Crippen MR) is 92.8 cm³/mol. The van der Waals surface area contributed by atoms with Gasteiger partial charge in [0.05, 0.1) is 31.1 Å². The molecule has 1 amide bonds. The Kier molecular flexibility index (Phi) is 5.28. The molecule has 0 unspecified atom stereocenters. The second kappa shape index (κ2) is 7.79. The first kappa shape index (κ1) is 16.3. The van der Waals surface area contributed by atoms with E-state index in [1.807, 2.05) is 31.2 Å². The molecule has 2 aromatic rings. The number of nitrogens with one attached hydrogen (secondary N) is 1. The van der Waals surface area contributed by atoms with Crippen molar-refractivity contribution in [3.8, 4) is 5.75 Å². The highest BCUT2D eigenvalue weighted by Gasteiger charge is 2.20. The Morgan fingerprint density at radius 3 is 2.83 bits per heavy atom. The lowest BCUT2D eigenvalue weighted by Crippen LogP contribution is -2.38. The molecule has 1 aromatic heterocycles. The molecule has 3 rings (SSSR count). The minimum atomic E-state index is -0.197. The Labute approximate surface area is 141 Å². The highest BCUT2D eigenvalue weighted by Crippen LogP contribution is 2.26. The van der Waals surface area contributed by atoms with Gasteiger partial charge in [0, 0.05) is 19.3 Å². The molecular weight excluding hydrogens is 306 g/mol. The van der Waals surface area contributed by atoms with E-state index in [0.717, 1.165) is 13.1 Å². The maximum Gasteiger partial charge on any atom is 0.259 e. The van der Waals surface area contributed by atoms with E-state index in [0.29, 0.717) is 42.6 Å². The first-order chi connectivity index (χ1) is 11.8. The van der Waals surface area contributed by atoms with Crippen molar-refractivity contribution in [3.63, 3.8) is 0 Å². The third-order valence-electron chi connectivity index (χ3n) is 3.78. The van der Waals surface area contributed by atoms with Crippen molar-refractivity contribution in [1.29, 1.82) is 0 Å². The quantitative estimate of drug-likeness (QED) is 0.914. The number of hydrogen-bond donors (Lipinski definition) is 1. The van der Waals surface area contributed by atoms with E-state index in [1.165, 1.54) is 0 Å². The molecule has 1 fully saturated rings. The van der Waals surface area contributed by atoms with Crippen LogP contribution in [0.1, 0.15) is 17.3 Å². The molecule has 1 aliphatic rings. The molecule has 1 N–H and O–H groups in total. The number of para-hydroxylation sites is 2. The van der Waals surface area contributed by atoms with Gasteiger partial charge in [0.25, 0.3) is 5.91 Å². The number of carbonyl (C=O) groups excluding carboxylic acids is 1. The molecular formula is C18H21N3O3. The zero-order valence-electron chi connectivity index (χ0n) is 13.7. The Morgan fingerprint density at radius 1 is 1.25 bits per heavy atom. The summed E-state index contributed by atoms with van der Waals surface area (Å²) in [4.78, 5) is 19.2. The molecule has 0 spiro atoms. The van der Waals surface area contributed by atoms with Crippen molar-refractivity contribution in [1.82, 2.24) is 4.98 Å². The van der Waals surface area contributed by atoms with Crippen LogP contribution in [0.3, 0.4) is 0 Å². The number of carbonyl (C=O) groups is 1. The minimum Gasteiger partial charge on any atom is -0.492 e. The molecule has 2 heterocycles. The second-order valence-corrected chi connectivity index (χ2v) is 5.36. The number of nitrogens with zero attached hydrogens (tertiary/aromatic N) is 2. The van der Waals surface area contributed by atoms with Crippen molar-refractivity contribution >= 4 is 17.4 Å². The number of pyridine rings is 1. The van der Waals surface area contributed by atoms with Crippen LogP contribution in [0.25, 0.3) is 0 Å². The highest BCUT2D eigenvalue weighted by molar-refractivity contribution is 6.08.